The molecule has 0 aromatic carbocycles. The SMILES string of the molecule is CC(C(=O)O)c1cc(-c2ncc([N+](=O)[O-])n2C)no1. The average Bonchev–Trinajstić information content (AvgIpc) is 2.93. The Morgan fingerprint density at radius 1 is 1.63 bits per heavy atom. The predicted octanol–water partition coefficient (Wildman–Crippen LogP) is 1.17. The third-order valence-electron chi connectivity index (χ3n) is 2.71. The van der Waals surface area contributed by atoms with Crippen LogP contribution in [-0.2, 0) is 11.8 Å². The molecule has 0 amide bonds. The molecule has 0 saturated heterocycles. The van der Waals surface area contributed by atoms with Gasteiger partial charge in [0.15, 0.2) is 11.5 Å². The molecule has 1 N–H and O–H groups in total. The summed E-state index contributed by atoms with van der Waals surface area (Å²) in [6, 6.07) is 1.41. The Balaban J connectivity index is 2.38. The zero-order valence-corrected chi connectivity index (χ0v) is 10.1. The van der Waals surface area contributed by atoms with E-state index >= 15 is 0 Å². The fourth-order valence-electron chi connectivity index (χ4n) is 1.53. The van der Waals surface area contributed by atoms with Crippen molar-refractivity contribution < 1.29 is 19.3 Å². The van der Waals surface area contributed by atoms with Crippen molar-refractivity contribution in [1.82, 2.24) is 14.7 Å². The summed E-state index contributed by atoms with van der Waals surface area (Å²) in [7, 11) is 1.47. The second-order valence-electron chi connectivity index (χ2n) is 3.93. The summed E-state index contributed by atoms with van der Waals surface area (Å²) < 4.78 is 6.16. The molecule has 0 aliphatic carbocycles. The van der Waals surface area contributed by atoms with Gasteiger partial charge in [0.25, 0.3) is 5.82 Å². The molecule has 0 fully saturated rings. The quantitative estimate of drug-likeness (QED) is 0.650. The van der Waals surface area contributed by atoms with Gasteiger partial charge in [0, 0.05) is 6.07 Å². The van der Waals surface area contributed by atoms with Crippen LogP contribution < -0.4 is 0 Å². The third kappa shape index (κ3) is 2.17. The fraction of sp³-hybridized carbons (Fsp3) is 0.300. The number of aromatic nitrogens is 3. The molecule has 100 valence electrons. The molecular weight excluding hydrogens is 256 g/mol. The number of carboxylic acids is 1. The molecule has 0 aliphatic heterocycles. The highest BCUT2D eigenvalue weighted by molar-refractivity contribution is 5.75. The molecule has 2 heterocycles. The maximum atomic E-state index is 10.8. The average molecular weight is 266 g/mol. The maximum absolute atomic E-state index is 10.8. The van der Waals surface area contributed by atoms with Crippen molar-refractivity contribution in [3.8, 4) is 11.5 Å². The Morgan fingerprint density at radius 2 is 2.32 bits per heavy atom. The monoisotopic (exact) mass is 266 g/mol. The summed E-state index contributed by atoms with van der Waals surface area (Å²) in [5.74, 6) is -1.69. The second-order valence-corrected chi connectivity index (χ2v) is 3.93. The number of imidazole rings is 1. The van der Waals surface area contributed by atoms with E-state index in [0.717, 1.165) is 6.20 Å². The lowest BCUT2D eigenvalue weighted by Crippen LogP contribution is -2.05. The fourth-order valence-corrected chi connectivity index (χ4v) is 1.53. The Hall–Kier alpha value is -2.71. The Morgan fingerprint density at radius 3 is 2.84 bits per heavy atom. The van der Waals surface area contributed by atoms with E-state index in [2.05, 4.69) is 10.1 Å². The van der Waals surface area contributed by atoms with Crippen LogP contribution in [0.25, 0.3) is 11.5 Å². The number of nitro groups is 1. The summed E-state index contributed by atoms with van der Waals surface area (Å²) in [6.45, 7) is 1.45. The van der Waals surface area contributed by atoms with Crippen LogP contribution in [0, 0.1) is 10.1 Å². The number of carbonyl (C=O) groups is 1. The molecule has 9 nitrogen and oxygen atoms in total. The van der Waals surface area contributed by atoms with Crippen LogP contribution >= 0.6 is 0 Å². The second kappa shape index (κ2) is 4.52. The molecule has 1 atom stereocenters. The number of rotatable bonds is 4. The summed E-state index contributed by atoms with van der Waals surface area (Å²) in [5.41, 5.74) is 0.249. The smallest absolute Gasteiger partial charge is 0.342 e. The molecule has 0 saturated carbocycles. The van der Waals surface area contributed by atoms with Crippen LogP contribution in [0.15, 0.2) is 16.8 Å². The normalized spacial score (nSPS) is 12.3. The van der Waals surface area contributed by atoms with Gasteiger partial charge in [-0.1, -0.05) is 5.16 Å². The zero-order valence-electron chi connectivity index (χ0n) is 10.1. The van der Waals surface area contributed by atoms with Gasteiger partial charge in [-0.05, 0) is 11.8 Å². The van der Waals surface area contributed by atoms with E-state index in [1.54, 1.807) is 0 Å². The number of aliphatic carboxylic acids is 1. The van der Waals surface area contributed by atoms with E-state index in [0.29, 0.717) is 0 Å². The van der Waals surface area contributed by atoms with Crippen molar-refractivity contribution in [2.75, 3.05) is 0 Å². The van der Waals surface area contributed by atoms with Gasteiger partial charge in [-0.2, -0.15) is 0 Å². The lowest BCUT2D eigenvalue weighted by molar-refractivity contribution is -0.391. The van der Waals surface area contributed by atoms with Crippen LogP contribution in [-0.4, -0.2) is 30.7 Å². The molecule has 19 heavy (non-hydrogen) atoms. The van der Waals surface area contributed by atoms with Gasteiger partial charge in [0.1, 0.15) is 12.1 Å². The molecule has 0 bridgehead atoms. The van der Waals surface area contributed by atoms with Gasteiger partial charge in [-0.25, -0.2) is 9.55 Å². The minimum Gasteiger partial charge on any atom is -0.481 e. The summed E-state index contributed by atoms with van der Waals surface area (Å²) in [4.78, 5) is 24.8. The van der Waals surface area contributed by atoms with Crippen LogP contribution in [0.2, 0.25) is 0 Å². The van der Waals surface area contributed by atoms with Gasteiger partial charge in [-0.15, -0.1) is 0 Å². The van der Waals surface area contributed by atoms with Crippen molar-refractivity contribution in [3.63, 3.8) is 0 Å². The minimum atomic E-state index is -1.05. The van der Waals surface area contributed by atoms with Gasteiger partial charge >= 0.3 is 11.8 Å². The third-order valence-corrected chi connectivity index (χ3v) is 2.71. The van der Waals surface area contributed by atoms with E-state index in [-0.39, 0.29) is 23.1 Å². The summed E-state index contributed by atoms with van der Waals surface area (Å²) in [6.07, 6.45) is 1.10. The first kappa shape index (κ1) is 12.7. The largest absolute Gasteiger partial charge is 0.481 e. The van der Waals surface area contributed by atoms with E-state index in [1.807, 2.05) is 0 Å². The molecule has 2 rings (SSSR count). The zero-order chi connectivity index (χ0) is 14.2. The molecular formula is C10H10N4O5. The first-order chi connectivity index (χ1) is 8.91. The number of hydrogen-bond donors (Lipinski definition) is 1. The van der Waals surface area contributed by atoms with Crippen LogP contribution in [0.4, 0.5) is 5.82 Å². The van der Waals surface area contributed by atoms with E-state index < -0.39 is 16.8 Å². The van der Waals surface area contributed by atoms with Gasteiger partial charge in [0.05, 0.1) is 7.05 Å². The van der Waals surface area contributed by atoms with E-state index in [4.69, 9.17) is 9.63 Å². The van der Waals surface area contributed by atoms with Crippen LogP contribution in [0.3, 0.4) is 0 Å². The topological polar surface area (TPSA) is 124 Å². The predicted molar refractivity (Wildman–Crippen MR) is 61.4 cm³/mol. The standard InChI is InChI=1S/C10H10N4O5/c1-5(10(15)16)7-3-6(12-19-7)9-11-4-8(13(9)2)14(17)18/h3-5H,1-2H3,(H,15,16). The number of carboxylic acid groups (broad SMARTS) is 1. The highest BCUT2D eigenvalue weighted by Gasteiger charge is 2.24. The maximum Gasteiger partial charge on any atom is 0.342 e. The van der Waals surface area contributed by atoms with Crippen LogP contribution in [0.1, 0.15) is 18.6 Å². The van der Waals surface area contributed by atoms with E-state index in [9.17, 15) is 14.9 Å². The molecule has 0 spiro atoms. The lowest BCUT2D eigenvalue weighted by Gasteiger charge is -1.97. The van der Waals surface area contributed by atoms with Gasteiger partial charge in [0.2, 0.25) is 0 Å². The summed E-state index contributed by atoms with van der Waals surface area (Å²) in [5, 5.41) is 23.2. The van der Waals surface area contributed by atoms with Gasteiger partial charge in [-0.3, -0.25) is 4.79 Å². The molecule has 0 radical (unpaired) electrons. The first-order valence-corrected chi connectivity index (χ1v) is 5.27. The van der Waals surface area contributed by atoms with Gasteiger partial charge < -0.3 is 19.7 Å². The number of hydrogen-bond acceptors (Lipinski definition) is 6. The van der Waals surface area contributed by atoms with E-state index in [1.165, 1.54) is 24.6 Å². The molecule has 0 aliphatic rings. The van der Waals surface area contributed by atoms with Crippen molar-refractivity contribution in [3.05, 3.63) is 28.1 Å². The molecule has 1 unspecified atom stereocenters. The highest BCUT2D eigenvalue weighted by atomic mass is 16.6. The first-order valence-electron chi connectivity index (χ1n) is 5.27. The molecule has 2 aromatic heterocycles. The van der Waals surface area contributed by atoms with Crippen molar-refractivity contribution >= 4 is 11.8 Å². The van der Waals surface area contributed by atoms with Crippen molar-refractivity contribution in [1.29, 1.82) is 0 Å². The van der Waals surface area contributed by atoms with Crippen molar-refractivity contribution in [2.24, 2.45) is 7.05 Å². The van der Waals surface area contributed by atoms with Crippen LogP contribution in [0.5, 0.6) is 0 Å². The Kier molecular flexibility index (Phi) is 3.03. The molecule has 2 aromatic rings. The minimum absolute atomic E-state index is 0.160. The Labute approximate surface area is 106 Å². The highest BCUT2D eigenvalue weighted by Crippen LogP contribution is 2.25. The summed E-state index contributed by atoms with van der Waals surface area (Å²) >= 11 is 0. The Bertz CT molecular complexity index is 644. The lowest BCUT2D eigenvalue weighted by atomic mass is 10.1. The molecule has 9 heteroatoms. The van der Waals surface area contributed by atoms with Crippen molar-refractivity contribution in [2.45, 2.75) is 12.8 Å². The number of nitrogens with zero attached hydrogens (tertiary/aromatic N) is 4.